The lowest BCUT2D eigenvalue weighted by Crippen LogP contribution is -2.62. The van der Waals surface area contributed by atoms with Crippen LogP contribution in [-0.4, -0.2) is 54.6 Å². The first kappa shape index (κ1) is 13.9. The van der Waals surface area contributed by atoms with E-state index in [1.54, 1.807) is 0 Å². The molecule has 6 heteroatoms. The first-order valence-corrected chi connectivity index (χ1v) is 6.57. The Kier molecular flexibility index (Phi) is 4.02. The number of fused-ring (bicyclic) bond motifs is 1. The fourth-order valence-corrected chi connectivity index (χ4v) is 2.55. The Morgan fingerprint density at radius 2 is 1.85 bits per heavy atom. The number of aliphatic hydroxyl groups is 2. The maximum Gasteiger partial charge on any atom is 0.186 e. The fourth-order valence-electron chi connectivity index (χ4n) is 2.55. The molecule has 0 unspecified atom stereocenters. The molecule has 2 heterocycles. The number of aliphatic hydroxyl groups excluding tert-OH is 2. The highest BCUT2D eigenvalue weighted by Gasteiger charge is 2.48. The Balaban J connectivity index is 1.74. The Hall–Kier alpha value is -1.02. The van der Waals surface area contributed by atoms with Crippen molar-refractivity contribution in [3.63, 3.8) is 0 Å². The van der Waals surface area contributed by atoms with E-state index < -0.39 is 37.0 Å². The molecule has 6 atom stereocenters. The summed E-state index contributed by atoms with van der Waals surface area (Å²) in [5.41, 5.74) is 0.863. The summed E-state index contributed by atoms with van der Waals surface area (Å²) in [6.07, 6.45) is -4.76. The number of benzene rings is 1. The molecule has 0 spiro atoms. The van der Waals surface area contributed by atoms with Gasteiger partial charge in [-0.05, 0) is 0 Å². The minimum Gasteiger partial charge on any atom is -0.387 e. The van der Waals surface area contributed by atoms with Crippen LogP contribution in [-0.2, 0) is 18.9 Å². The number of rotatable bonds is 2. The molecule has 0 radical (unpaired) electrons. The highest BCUT2D eigenvalue weighted by molar-refractivity contribution is 5.16. The average Bonchev–Trinajstić information content (AvgIpc) is 2.51. The van der Waals surface area contributed by atoms with Crippen molar-refractivity contribution in [1.29, 1.82) is 0 Å². The molecule has 3 rings (SSSR count). The van der Waals surface area contributed by atoms with Crippen molar-refractivity contribution < 1.29 is 29.2 Å². The highest BCUT2D eigenvalue weighted by atomic mass is 16.7. The van der Waals surface area contributed by atoms with Crippen LogP contribution in [0.5, 0.6) is 0 Å². The van der Waals surface area contributed by atoms with Crippen LogP contribution in [0.2, 0.25) is 0 Å². The smallest absolute Gasteiger partial charge is 0.186 e. The van der Waals surface area contributed by atoms with Crippen molar-refractivity contribution in [1.82, 2.24) is 0 Å². The minimum atomic E-state index is -1.14. The van der Waals surface area contributed by atoms with E-state index >= 15 is 0 Å². The molecule has 0 saturated carbocycles. The van der Waals surface area contributed by atoms with Gasteiger partial charge in [-0.15, -0.1) is 0 Å². The van der Waals surface area contributed by atoms with E-state index in [0.717, 1.165) is 5.56 Å². The SMILES string of the molecule is CO[C@@H]1O[C@@H]2CO[C@@H](c3ccccc3)O[C@@H]2[C@H](O)[C@H]1O. The van der Waals surface area contributed by atoms with Gasteiger partial charge in [0.25, 0.3) is 0 Å². The van der Waals surface area contributed by atoms with Gasteiger partial charge in [-0.2, -0.15) is 0 Å². The molecular formula is C14H18O6. The molecule has 0 bridgehead atoms. The largest absolute Gasteiger partial charge is 0.387 e. The Morgan fingerprint density at radius 3 is 2.55 bits per heavy atom. The van der Waals surface area contributed by atoms with Crippen molar-refractivity contribution >= 4 is 0 Å². The molecule has 1 aromatic carbocycles. The molecule has 6 nitrogen and oxygen atoms in total. The number of methoxy groups -OCH3 is 1. The van der Waals surface area contributed by atoms with Gasteiger partial charge in [-0.25, -0.2) is 0 Å². The van der Waals surface area contributed by atoms with Crippen molar-refractivity contribution in [2.75, 3.05) is 13.7 Å². The van der Waals surface area contributed by atoms with Gasteiger partial charge in [0.2, 0.25) is 0 Å². The summed E-state index contributed by atoms with van der Waals surface area (Å²) in [6.45, 7) is 0.272. The summed E-state index contributed by atoms with van der Waals surface area (Å²) in [6, 6.07) is 9.45. The van der Waals surface area contributed by atoms with Crippen LogP contribution in [0.25, 0.3) is 0 Å². The third-order valence-corrected chi connectivity index (χ3v) is 3.64. The van der Waals surface area contributed by atoms with Gasteiger partial charge in [0.05, 0.1) is 6.61 Å². The highest BCUT2D eigenvalue weighted by Crippen LogP contribution is 2.33. The zero-order valence-corrected chi connectivity index (χ0v) is 11.1. The van der Waals surface area contributed by atoms with Crippen LogP contribution < -0.4 is 0 Å². The summed E-state index contributed by atoms with van der Waals surface area (Å²) < 4.78 is 21.9. The molecule has 20 heavy (non-hydrogen) atoms. The summed E-state index contributed by atoms with van der Waals surface area (Å²) in [5, 5.41) is 20.1. The standard InChI is InChI=1S/C14H18O6/c1-17-14-11(16)10(15)12-9(19-14)7-18-13(20-12)8-5-3-2-4-6-8/h2-6,9-16H,7H2,1H3/t9-,10-,11-,12+,13-,14-/m1/s1. The van der Waals surface area contributed by atoms with E-state index in [0.29, 0.717) is 0 Å². The molecule has 2 N–H and O–H groups in total. The maximum absolute atomic E-state index is 10.1. The van der Waals surface area contributed by atoms with Gasteiger partial charge < -0.3 is 29.2 Å². The van der Waals surface area contributed by atoms with Gasteiger partial charge in [0.1, 0.15) is 24.4 Å². The lowest BCUT2D eigenvalue weighted by molar-refractivity contribution is -0.358. The molecule has 0 aliphatic carbocycles. The second kappa shape index (κ2) is 5.77. The first-order valence-electron chi connectivity index (χ1n) is 6.57. The second-order valence-corrected chi connectivity index (χ2v) is 4.94. The average molecular weight is 282 g/mol. The normalized spacial score (nSPS) is 41.1. The van der Waals surface area contributed by atoms with Gasteiger partial charge in [-0.1, -0.05) is 30.3 Å². The molecule has 2 saturated heterocycles. The monoisotopic (exact) mass is 282 g/mol. The van der Waals surface area contributed by atoms with E-state index in [1.807, 2.05) is 30.3 Å². The molecule has 2 aliphatic rings. The van der Waals surface area contributed by atoms with Crippen LogP contribution in [0.1, 0.15) is 11.9 Å². The maximum atomic E-state index is 10.1. The topological polar surface area (TPSA) is 77.4 Å². The minimum absolute atomic E-state index is 0.272. The van der Waals surface area contributed by atoms with E-state index in [2.05, 4.69) is 0 Å². The zero-order valence-electron chi connectivity index (χ0n) is 11.1. The third-order valence-electron chi connectivity index (χ3n) is 3.64. The summed E-state index contributed by atoms with van der Waals surface area (Å²) in [5.74, 6) is 0. The van der Waals surface area contributed by atoms with Gasteiger partial charge >= 0.3 is 0 Å². The lowest BCUT2D eigenvalue weighted by atomic mass is 9.98. The van der Waals surface area contributed by atoms with Crippen molar-refractivity contribution in [2.45, 2.75) is 37.0 Å². The number of ether oxygens (including phenoxy) is 4. The fraction of sp³-hybridized carbons (Fsp3) is 0.571. The Morgan fingerprint density at radius 1 is 1.10 bits per heavy atom. The number of hydrogen-bond acceptors (Lipinski definition) is 6. The van der Waals surface area contributed by atoms with Crippen molar-refractivity contribution in [2.24, 2.45) is 0 Å². The van der Waals surface area contributed by atoms with Crippen LogP contribution in [0, 0.1) is 0 Å². The van der Waals surface area contributed by atoms with E-state index in [-0.39, 0.29) is 6.61 Å². The second-order valence-electron chi connectivity index (χ2n) is 4.94. The van der Waals surface area contributed by atoms with E-state index in [9.17, 15) is 10.2 Å². The Labute approximate surface area is 116 Å². The van der Waals surface area contributed by atoms with Gasteiger partial charge in [0, 0.05) is 12.7 Å². The molecule has 1 aromatic rings. The predicted molar refractivity (Wildman–Crippen MR) is 67.7 cm³/mol. The van der Waals surface area contributed by atoms with Crippen LogP contribution in [0.4, 0.5) is 0 Å². The third kappa shape index (κ3) is 2.46. The summed E-state index contributed by atoms with van der Waals surface area (Å²) >= 11 is 0. The van der Waals surface area contributed by atoms with Crippen LogP contribution in [0.15, 0.2) is 30.3 Å². The van der Waals surface area contributed by atoms with Crippen molar-refractivity contribution in [3.05, 3.63) is 35.9 Å². The quantitative estimate of drug-likeness (QED) is 0.806. The lowest BCUT2D eigenvalue weighted by Gasteiger charge is -2.45. The predicted octanol–water partition coefficient (Wildman–Crippen LogP) is 0.194. The molecule has 0 amide bonds. The van der Waals surface area contributed by atoms with Gasteiger partial charge in [0.15, 0.2) is 12.6 Å². The molecule has 2 aliphatic heterocycles. The molecule has 2 fully saturated rings. The van der Waals surface area contributed by atoms with E-state index in [4.69, 9.17) is 18.9 Å². The molecule has 110 valence electrons. The zero-order chi connectivity index (χ0) is 14.1. The molecular weight excluding hydrogens is 264 g/mol. The van der Waals surface area contributed by atoms with Crippen LogP contribution >= 0.6 is 0 Å². The Bertz CT molecular complexity index is 437. The van der Waals surface area contributed by atoms with Crippen molar-refractivity contribution in [3.8, 4) is 0 Å². The van der Waals surface area contributed by atoms with Gasteiger partial charge in [-0.3, -0.25) is 0 Å². The van der Waals surface area contributed by atoms with Crippen LogP contribution in [0.3, 0.4) is 0 Å². The first-order chi connectivity index (χ1) is 9.70. The summed E-state index contributed by atoms with van der Waals surface area (Å²) in [4.78, 5) is 0. The number of hydrogen-bond donors (Lipinski definition) is 2. The van der Waals surface area contributed by atoms with E-state index in [1.165, 1.54) is 7.11 Å². The molecule has 0 aromatic heterocycles. The summed E-state index contributed by atoms with van der Waals surface area (Å²) in [7, 11) is 1.41.